The minimum absolute atomic E-state index is 0.0291. The molecule has 1 amide bonds. The first-order chi connectivity index (χ1) is 21.2. The minimum atomic E-state index is -1.77. The van der Waals surface area contributed by atoms with Gasteiger partial charge < -0.3 is 79.7 Å². The molecule has 0 saturated carbocycles. The molecule has 0 aromatic rings. The lowest BCUT2D eigenvalue weighted by molar-refractivity contribution is -0.376. The molecule has 3 aliphatic heterocycles. The maximum absolute atomic E-state index is 11.2. The van der Waals surface area contributed by atoms with Crippen molar-refractivity contribution in [2.45, 2.75) is 125 Å². The molecule has 0 radical (unpaired) electrons. The fraction of sp³-hybridized carbons (Fsp3) is 0.923. The number of carbonyl (C=O) groups excluding carboxylic acids is 1. The van der Waals surface area contributed by atoms with E-state index in [4.69, 9.17) is 33.5 Å². The fourth-order valence-corrected chi connectivity index (χ4v) is 6.00. The van der Waals surface area contributed by atoms with Crippen LogP contribution in [0, 0.1) is 0 Å². The van der Waals surface area contributed by atoms with E-state index in [2.05, 4.69) is 5.32 Å². The Morgan fingerprint density at radius 2 is 1.36 bits per heavy atom. The summed E-state index contributed by atoms with van der Waals surface area (Å²) in [6, 6.07) is -1.05. The molecule has 10 N–H and O–H groups in total. The SMILES string of the molecule is CC(=O)N[C@@H](CSCCCO[C@H]1O[C@H](CO)[C@H](O[C@H]2O[C@H](C)[C@@H](O)[C@H](O[C@H]3O[C@H](C)[C@@H](O)[C@H](O)[C@@H]3O)[C@@H]2O)[C@H](O)[C@H]1O)C(=O)O. The second-order valence-electron chi connectivity index (χ2n) is 11.2. The highest BCUT2D eigenvalue weighted by Gasteiger charge is 2.52. The van der Waals surface area contributed by atoms with Gasteiger partial charge in [0, 0.05) is 12.7 Å². The van der Waals surface area contributed by atoms with Crippen molar-refractivity contribution in [3.8, 4) is 0 Å². The number of nitrogens with one attached hydrogen (secondary N) is 1. The van der Waals surface area contributed by atoms with Crippen LogP contribution in [-0.4, -0.2) is 181 Å². The van der Waals surface area contributed by atoms with E-state index in [1.165, 1.54) is 32.5 Å². The van der Waals surface area contributed by atoms with Gasteiger partial charge in [-0.05, 0) is 26.0 Å². The number of carbonyl (C=O) groups is 2. The van der Waals surface area contributed by atoms with E-state index in [1.54, 1.807) is 0 Å². The van der Waals surface area contributed by atoms with Crippen molar-refractivity contribution in [2.24, 2.45) is 0 Å². The Morgan fingerprint density at radius 1 is 0.778 bits per heavy atom. The van der Waals surface area contributed by atoms with Crippen molar-refractivity contribution < 1.29 is 84.0 Å². The van der Waals surface area contributed by atoms with E-state index >= 15 is 0 Å². The van der Waals surface area contributed by atoms with Crippen LogP contribution in [0.25, 0.3) is 0 Å². The molecule has 0 aromatic heterocycles. The highest BCUT2D eigenvalue weighted by atomic mass is 32.2. The van der Waals surface area contributed by atoms with Gasteiger partial charge in [-0.1, -0.05) is 0 Å². The molecule has 262 valence electrons. The Hall–Kier alpha value is -1.27. The van der Waals surface area contributed by atoms with Crippen molar-refractivity contribution in [2.75, 3.05) is 24.7 Å². The van der Waals surface area contributed by atoms with Gasteiger partial charge in [-0.2, -0.15) is 11.8 Å². The normalized spacial score (nSPS) is 43.0. The van der Waals surface area contributed by atoms with Gasteiger partial charge in [-0.3, -0.25) is 4.79 Å². The molecule has 3 rings (SSSR count). The molecule has 0 aromatic carbocycles. The highest BCUT2D eigenvalue weighted by Crippen LogP contribution is 2.32. The van der Waals surface area contributed by atoms with Crippen LogP contribution in [0.1, 0.15) is 27.2 Å². The number of hydrogen-bond acceptors (Lipinski definition) is 17. The summed E-state index contributed by atoms with van der Waals surface area (Å²) in [6.45, 7) is 3.40. The zero-order chi connectivity index (χ0) is 33.6. The molecule has 3 saturated heterocycles. The summed E-state index contributed by atoms with van der Waals surface area (Å²) in [4.78, 5) is 22.3. The Morgan fingerprint density at radius 3 is 1.96 bits per heavy atom. The Kier molecular flexibility index (Phi) is 14.6. The van der Waals surface area contributed by atoms with Gasteiger partial charge in [0.15, 0.2) is 18.9 Å². The molecule has 0 aliphatic carbocycles. The van der Waals surface area contributed by atoms with E-state index in [0.717, 1.165) is 0 Å². The monoisotopic (exact) mass is 675 g/mol. The quantitative estimate of drug-likeness (QED) is 0.0773. The zero-order valence-corrected chi connectivity index (χ0v) is 25.8. The number of carboxylic acids is 1. The Labute approximate surface area is 263 Å². The summed E-state index contributed by atoms with van der Waals surface area (Å²) in [5.74, 6) is -1.07. The van der Waals surface area contributed by atoms with Crippen LogP contribution in [0.15, 0.2) is 0 Å². The fourth-order valence-electron chi connectivity index (χ4n) is 5.05. The maximum Gasteiger partial charge on any atom is 0.327 e. The first kappa shape index (κ1) is 38.2. The van der Waals surface area contributed by atoms with Crippen LogP contribution >= 0.6 is 11.8 Å². The molecular weight excluding hydrogens is 630 g/mol. The summed E-state index contributed by atoms with van der Waals surface area (Å²) in [7, 11) is 0. The summed E-state index contributed by atoms with van der Waals surface area (Å²) in [5, 5.41) is 94.9. The molecule has 0 bridgehead atoms. The average Bonchev–Trinajstić information content (AvgIpc) is 2.99. The largest absolute Gasteiger partial charge is 0.480 e. The lowest BCUT2D eigenvalue weighted by atomic mass is 9.96. The summed E-state index contributed by atoms with van der Waals surface area (Å²) < 4.78 is 33.5. The predicted octanol–water partition coefficient (Wildman–Crippen LogP) is -4.78. The second kappa shape index (κ2) is 17.2. The standard InChI is InChI=1S/C26H45NO17S/c1-9-14(30)16(32)18(34)25(40-9)44-22-15(31)10(2)41-26(20(22)36)43-21-13(7-28)42-24(19(35)17(21)33)39-5-4-6-45-8-12(23(37)38)27-11(3)29/h9-10,12-22,24-26,28,30-36H,4-8H2,1-3H3,(H,27,29)(H,37,38)/t9-,10-,12+,13-,14-,15-,16+,17-,18+,19-,20+,21+,22+,24+,25-,26-/m1/s1. The Bertz CT molecular complexity index is 949. The molecule has 18 nitrogen and oxygen atoms in total. The van der Waals surface area contributed by atoms with Gasteiger partial charge in [0.2, 0.25) is 5.91 Å². The number of aliphatic hydroxyl groups is 8. The van der Waals surface area contributed by atoms with Gasteiger partial charge in [-0.25, -0.2) is 4.79 Å². The van der Waals surface area contributed by atoms with Gasteiger partial charge in [0.25, 0.3) is 0 Å². The van der Waals surface area contributed by atoms with Crippen LogP contribution in [0.4, 0.5) is 0 Å². The van der Waals surface area contributed by atoms with Gasteiger partial charge in [-0.15, -0.1) is 0 Å². The summed E-state index contributed by atoms with van der Waals surface area (Å²) >= 11 is 1.26. The Balaban J connectivity index is 1.55. The third kappa shape index (κ3) is 9.64. The van der Waals surface area contributed by atoms with Crippen LogP contribution in [-0.2, 0) is 38.0 Å². The number of carboxylic acid groups (broad SMARTS) is 1. The van der Waals surface area contributed by atoms with E-state index < -0.39 is 117 Å². The molecule has 16 atom stereocenters. The number of ether oxygens (including phenoxy) is 6. The molecule has 3 heterocycles. The zero-order valence-electron chi connectivity index (χ0n) is 25.0. The topological polar surface area (TPSA) is 284 Å². The molecule has 45 heavy (non-hydrogen) atoms. The molecule has 3 aliphatic rings. The molecule has 19 heteroatoms. The first-order valence-electron chi connectivity index (χ1n) is 14.5. The van der Waals surface area contributed by atoms with Gasteiger partial charge >= 0.3 is 5.97 Å². The van der Waals surface area contributed by atoms with Crippen molar-refractivity contribution in [1.29, 1.82) is 0 Å². The maximum atomic E-state index is 11.2. The number of amides is 1. The lowest BCUT2D eigenvalue weighted by Gasteiger charge is -2.47. The van der Waals surface area contributed by atoms with Crippen molar-refractivity contribution in [1.82, 2.24) is 5.32 Å². The van der Waals surface area contributed by atoms with Gasteiger partial charge in [0.05, 0.1) is 25.4 Å². The number of thioether (sulfide) groups is 1. The molecule has 0 spiro atoms. The van der Waals surface area contributed by atoms with E-state index in [1.807, 2.05) is 0 Å². The van der Waals surface area contributed by atoms with Crippen LogP contribution in [0.2, 0.25) is 0 Å². The van der Waals surface area contributed by atoms with Crippen molar-refractivity contribution in [3.63, 3.8) is 0 Å². The minimum Gasteiger partial charge on any atom is -0.480 e. The van der Waals surface area contributed by atoms with Crippen LogP contribution in [0.5, 0.6) is 0 Å². The molecule has 0 unspecified atom stereocenters. The highest BCUT2D eigenvalue weighted by molar-refractivity contribution is 7.99. The van der Waals surface area contributed by atoms with Crippen LogP contribution < -0.4 is 5.32 Å². The number of rotatable bonds is 14. The third-order valence-corrected chi connectivity index (χ3v) is 8.81. The average molecular weight is 676 g/mol. The predicted molar refractivity (Wildman–Crippen MR) is 149 cm³/mol. The van der Waals surface area contributed by atoms with Crippen molar-refractivity contribution in [3.05, 3.63) is 0 Å². The number of aliphatic hydroxyl groups excluding tert-OH is 8. The summed E-state index contributed by atoms with van der Waals surface area (Å²) in [6.07, 6.45) is -21.8. The number of hydrogen-bond donors (Lipinski definition) is 10. The first-order valence-corrected chi connectivity index (χ1v) is 15.7. The van der Waals surface area contributed by atoms with Crippen molar-refractivity contribution >= 4 is 23.6 Å². The van der Waals surface area contributed by atoms with E-state index in [9.17, 15) is 50.4 Å². The van der Waals surface area contributed by atoms with Gasteiger partial charge in [0.1, 0.15) is 67.1 Å². The lowest BCUT2D eigenvalue weighted by Crippen LogP contribution is -2.66. The molecular formula is C26H45NO17S. The smallest absolute Gasteiger partial charge is 0.327 e. The van der Waals surface area contributed by atoms with E-state index in [-0.39, 0.29) is 12.4 Å². The summed E-state index contributed by atoms with van der Waals surface area (Å²) in [5.41, 5.74) is 0. The number of aliphatic carboxylic acids is 1. The third-order valence-electron chi connectivity index (χ3n) is 7.67. The van der Waals surface area contributed by atoms with E-state index in [0.29, 0.717) is 12.2 Å². The second-order valence-corrected chi connectivity index (χ2v) is 12.3. The molecule has 3 fully saturated rings. The van der Waals surface area contributed by atoms with Crippen LogP contribution in [0.3, 0.4) is 0 Å².